The Morgan fingerprint density at radius 2 is 1.96 bits per heavy atom. The summed E-state index contributed by atoms with van der Waals surface area (Å²) >= 11 is 0. The third-order valence-electron chi connectivity index (χ3n) is 4.46. The summed E-state index contributed by atoms with van der Waals surface area (Å²) in [6, 6.07) is 10.6. The second-order valence-corrected chi connectivity index (χ2v) is 6.38. The number of rotatable bonds is 7. The van der Waals surface area contributed by atoms with E-state index in [2.05, 4.69) is 52.5 Å². The molecule has 1 amide bonds. The Labute approximate surface area is 174 Å². The number of carbonyl (C=O) groups excluding carboxylic acids is 1. The van der Waals surface area contributed by atoms with Gasteiger partial charge in [-0.25, -0.2) is 4.99 Å². The topological polar surface area (TPSA) is 56.7 Å². The molecular formula is C20H31IN4O. The molecule has 6 heteroatoms. The summed E-state index contributed by atoms with van der Waals surface area (Å²) in [5, 5.41) is 6.24. The Morgan fingerprint density at radius 3 is 2.58 bits per heavy atom. The predicted molar refractivity (Wildman–Crippen MR) is 119 cm³/mol. The van der Waals surface area contributed by atoms with Gasteiger partial charge in [0.05, 0.1) is 0 Å². The molecule has 0 spiro atoms. The molecule has 144 valence electrons. The first-order valence-electron chi connectivity index (χ1n) is 9.17. The monoisotopic (exact) mass is 470 g/mol. The summed E-state index contributed by atoms with van der Waals surface area (Å²) in [7, 11) is 0. The minimum Gasteiger partial charge on any atom is -0.357 e. The van der Waals surface area contributed by atoms with Crippen LogP contribution in [0.5, 0.6) is 0 Å². The van der Waals surface area contributed by atoms with E-state index < -0.39 is 0 Å². The van der Waals surface area contributed by atoms with Crippen LogP contribution in [0.1, 0.15) is 25.3 Å². The highest BCUT2D eigenvalue weighted by atomic mass is 127. The van der Waals surface area contributed by atoms with Crippen molar-refractivity contribution < 1.29 is 4.79 Å². The maximum Gasteiger partial charge on any atom is 0.244 e. The molecule has 1 saturated heterocycles. The van der Waals surface area contributed by atoms with Gasteiger partial charge in [-0.1, -0.05) is 36.4 Å². The van der Waals surface area contributed by atoms with E-state index in [1.165, 1.54) is 5.56 Å². The number of piperidine rings is 1. The number of benzene rings is 1. The fraction of sp³-hybridized carbons (Fsp3) is 0.500. The van der Waals surface area contributed by atoms with Gasteiger partial charge in [-0.05, 0) is 37.7 Å². The predicted octanol–water partition coefficient (Wildman–Crippen LogP) is 2.83. The summed E-state index contributed by atoms with van der Waals surface area (Å²) in [4.78, 5) is 18.7. The number of aliphatic imine (C=N–C) groups is 1. The lowest BCUT2D eigenvalue weighted by Gasteiger charge is -2.31. The molecular weight excluding hydrogens is 439 g/mol. The van der Waals surface area contributed by atoms with Crippen molar-refractivity contribution >= 4 is 35.8 Å². The largest absolute Gasteiger partial charge is 0.357 e. The first-order chi connectivity index (χ1) is 12.2. The molecule has 1 heterocycles. The summed E-state index contributed by atoms with van der Waals surface area (Å²) in [6.07, 6.45) is 5.02. The van der Waals surface area contributed by atoms with Gasteiger partial charge >= 0.3 is 0 Å². The minimum atomic E-state index is 0. The Morgan fingerprint density at radius 1 is 1.27 bits per heavy atom. The van der Waals surface area contributed by atoms with Crippen LogP contribution >= 0.6 is 24.0 Å². The molecule has 1 fully saturated rings. The van der Waals surface area contributed by atoms with Gasteiger partial charge in [0.15, 0.2) is 5.96 Å². The van der Waals surface area contributed by atoms with Crippen LogP contribution in [0, 0.1) is 5.92 Å². The minimum absolute atomic E-state index is 0. The molecule has 26 heavy (non-hydrogen) atoms. The average Bonchev–Trinajstić information content (AvgIpc) is 2.65. The number of hydrogen-bond donors (Lipinski definition) is 2. The fourth-order valence-corrected chi connectivity index (χ4v) is 3.09. The highest BCUT2D eigenvalue weighted by Crippen LogP contribution is 2.21. The second-order valence-electron chi connectivity index (χ2n) is 6.38. The summed E-state index contributed by atoms with van der Waals surface area (Å²) in [5.41, 5.74) is 1.39. The van der Waals surface area contributed by atoms with Crippen LogP contribution < -0.4 is 10.6 Å². The zero-order valence-corrected chi connectivity index (χ0v) is 17.9. The van der Waals surface area contributed by atoms with Gasteiger partial charge in [-0.2, -0.15) is 0 Å². The van der Waals surface area contributed by atoms with E-state index in [9.17, 15) is 4.79 Å². The van der Waals surface area contributed by atoms with Crippen molar-refractivity contribution in [3.05, 3.63) is 48.6 Å². The van der Waals surface area contributed by atoms with E-state index in [-0.39, 0.29) is 36.4 Å². The van der Waals surface area contributed by atoms with Crippen LogP contribution in [-0.4, -0.2) is 49.5 Å². The van der Waals surface area contributed by atoms with Crippen molar-refractivity contribution in [1.82, 2.24) is 15.5 Å². The van der Waals surface area contributed by atoms with Crippen molar-refractivity contribution in [2.45, 2.75) is 26.2 Å². The number of amides is 1. The van der Waals surface area contributed by atoms with E-state index in [1.54, 1.807) is 6.08 Å². The molecule has 1 aliphatic heterocycles. The Kier molecular flexibility index (Phi) is 11.0. The Bertz CT molecular complexity index is 568. The summed E-state index contributed by atoms with van der Waals surface area (Å²) < 4.78 is 0. The average molecular weight is 470 g/mol. The van der Waals surface area contributed by atoms with Crippen molar-refractivity contribution in [1.29, 1.82) is 0 Å². The molecule has 0 aromatic heterocycles. The first kappa shape index (κ1) is 22.5. The normalized spacial score (nSPS) is 15.1. The molecule has 1 aliphatic rings. The van der Waals surface area contributed by atoms with E-state index >= 15 is 0 Å². The molecule has 0 unspecified atom stereocenters. The fourth-order valence-electron chi connectivity index (χ4n) is 3.09. The number of hydrogen-bond acceptors (Lipinski definition) is 2. The maximum absolute atomic E-state index is 12.4. The zero-order chi connectivity index (χ0) is 17.9. The van der Waals surface area contributed by atoms with Gasteiger partial charge in [0, 0.05) is 26.2 Å². The third-order valence-corrected chi connectivity index (χ3v) is 4.46. The molecule has 0 radical (unpaired) electrons. The van der Waals surface area contributed by atoms with Crippen LogP contribution in [0.25, 0.3) is 0 Å². The molecule has 0 aliphatic carbocycles. The van der Waals surface area contributed by atoms with Gasteiger partial charge in [0.2, 0.25) is 5.91 Å². The highest BCUT2D eigenvalue weighted by Gasteiger charge is 2.22. The van der Waals surface area contributed by atoms with Gasteiger partial charge in [-0.15, -0.1) is 30.6 Å². The standard InChI is InChI=1S/C20H30N4O.HI/c1-3-12-22-20(21-4-2)23-16-19(25)24-13-10-18(11-14-24)15-17-8-6-5-7-9-17;/h3,5-9,18H,1,4,10-16H2,2H3,(H2,21,22,23);1H. The van der Waals surface area contributed by atoms with Gasteiger partial charge < -0.3 is 15.5 Å². The molecule has 0 saturated carbocycles. The molecule has 2 rings (SSSR count). The van der Waals surface area contributed by atoms with Gasteiger partial charge in [-0.3, -0.25) is 4.79 Å². The molecule has 1 aromatic carbocycles. The lowest BCUT2D eigenvalue weighted by atomic mass is 9.90. The Balaban J connectivity index is 0.00000338. The quantitative estimate of drug-likeness (QED) is 0.279. The molecule has 0 atom stereocenters. The smallest absolute Gasteiger partial charge is 0.244 e. The third kappa shape index (κ3) is 7.76. The van der Waals surface area contributed by atoms with Crippen LogP contribution in [-0.2, 0) is 11.2 Å². The summed E-state index contributed by atoms with van der Waals surface area (Å²) in [5.74, 6) is 1.44. The van der Waals surface area contributed by atoms with E-state index in [4.69, 9.17) is 0 Å². The Hall–Kier alpha value is -1.57. The molecule has 5 nitrogen and oxygen atoms in total. The lowest BCUT2D eigenvalue weighted by Crippen LogP contribution is -2.42. The van der Waals surface area contributed by atoms with E-state index in [0.717, 1.165) is 38.9 Å². The summed E-state index contributed by atoms with van der Waals surface area (Å²) in [6.45, 7) is 8.94. The number of nitrogens with one attached hydrogen (secondary N) is 2. The molecule has 1 aromatic rings. The lowest BCUT2D eigenvalue weighted by molar-refractivity contribution is -0.130. The van der Waals surface area contributed by atoms with Crippen LogP contribution in [0.2, 0.25) is 0 Å². The number of carbonyl (C=O) groups is 1. The second kappa shape index (κ2) is 12.7. The first-order valence-corrected chi connectivity index (χ1v) is 9.17. The maximum atomic E-state index is 12.4. The number of halogens is 1. The van der Waals surface area contributed by atoms with Crippen LogP contribution in [0.4, 0.5) is 0 Å². The highest BCUT2D eigenvalue weighted by molar-refractivity contribution is 14.0. The van der Waals surface area contributed by atoms with Gasteiger partial charge in [0.1, 0.15) is 6.54 Å². The SMILES string of the molecule is C=CCNC(=NCC(=O)N1CCC(Cc2ccccc2)CC1)NCC.I. The van der Waals surface area contributed by atoms with Crippen LogP contribution in [0.3, 0.4) is 0 Å². The van der Waals surface area contributed by atoms with Crippen molar-refractivity contribution in [2.24, 2.45) is 10.9 Å². The molecule has 2 N–H and O–H groups in total. The van der Waals surface area contributed by atoms with Crippen molar-refractivity contribution in [3.8, 4) is 0 Å². The number of guanidine groups is 1. The van der Waals surface area contributed by atoms with Crippen molar-refractivity contribution in [3.63, 3.8) is 0 Å². The molecule has 0 bridgehead atoms. The van der Waals surface area contributed by atoms with E-state index in [1.807, 2.05) is 11.8 Å². The van der Waals surface area contributed by atoms with Gasteiger partial charge in [0.25, 0.3) is 0 Å². The van der Waals surface area contributed by atoms with Crippen molar-refractivity contribution in [2.75, 3.05) is 32.7 Å². The van der Waals surface area contributed by atoms with Crippen LogP contribution in [0.15, 0.2) is 48.0 Å². The number of likely N-dealkylation sites (tertiary alicyclic amines) is 1. The zero-order valence-electron chi connectivity index (χ0n) is 15.6. The van der Waals surface area contributed by atoms with E-state index in [0.29, 0.717) is 18.4 Å². The number of nitrogens with zero attached hydrogens (tertiary/aromatic N) is 2.